The van der Waals surface area contributed by atoms with E-state index in [4.69, 9.17) is 5.73 Å². The molecule has 0 unspecified atom stereocenters. The topological polar surface area (TPSA) is 134 Å². The van der Waals surface area contributed by atoms with Gasteiger partial charge in [-0.1, -0.05) is 18.2 Å². The summed E-state index contributed by atoms with van der Waals surface area (Å²) < 4.78 is 0. The molecule has 0 saturated heterocycles. The number of nitro benzene ring substituents is 1. The van der Waals surface area contributed by atoms with Gasteiger partial charge in [0.05, 0.1) is 10.6 Å². The first-order chi connectivity index (χ1) is 13.0. The molecule has 0 spiro atoms. The van der Waals surface area contributed by atoms with Crippen LogP contribution >= 0.6 is 0 Å². The molecule has 27 heavy (non-hydrogen) atoms. The molecular formula is C19H20N4O4. The quantitative estimate of drug-likeness (QED) is 0.288. The Labute approximate surface area is 154 Å². The maximum Gasteiger partial charge on any atom is 0.292 e. The number of anilines is 1. The molecule has 0 amide bonds. The molecule has 0 aliphatic carbocycles. The standard InChI is InChI=1S/C19H20N4O4/c20-9-3-4-10-21-15-8-7-12(11-16(15)23(26)27)17-19(25)18(24)13-5-1-2-6-14(13)22-17/h1-2,5-8,11,21,25H,3-4,9-10,20H2,(H,22,24). The fourth-order valence-corrected chi connectivity index (χ4v) is 2.91. The number of hydrogen-bond donors (Lipinski definition) is 4. The Bertz CT molecular complexity index is 1050. The Hall–Kier alpha value is -3.39. The van der Waals surface area contributed by atoms with Crippen molar-refractivity contribution in [2.24, 2.45) is 5.73 Å². The van der Waals surface area contributed by atoms with E-state index in [2.05, 4.69) is 10.3 Å². The van der Waals surface area contributed by atoms with Crippen LogP contribution in [0, 0.1) is 10.1 Å². The minimum Gasteiger partial charge on any atom is -0.503 e. The van der Waals surface area contributed by atoms with Crippen LogP contribution in [0.3, 0.4) is 0 Å². The molecule has 3 rings (SSSR count). The lowest BCUT2D eigenvalue weighted by molar-refractivity contribution is -0.383. The summed E-state index contributed by atoms with van der Waals surface area (Å²) in [5, 5.41) is 25.2. The van der Waals surface area contributed by atoms with Gasteiger partial charge in [0, 0.05) is 29.1 Å². The van der Waals surface area contributed by atoms with Crippen LogP contribution in [0.5, 0.6) is 5.75 Å². The number of nitrogens with one attached hydrogen (secondary N) is 2. The number of pyridine rings is 1. The van der Waals surface area contributed by atoms with Gasteiger partial charge in [-0.15, -0.1) is 0 Å². The van der Waals surface area contributed by atoms with Crippen molar-refractivity contribution in [3.05, 3.63) is 62.8 Å². The van der Waals surface area contributed by atoms with Gasteiger partial charge in [0.15, 0.2) is 5.75 Å². The molecular weight excluding hydrogens is 348 g/mol. The van der Waals surface area contributed by atoms with Crippen LogP contribution in [-0.4, -0.2) is 28.1 Å². The zero-order valence-corrected chi connectivity index (χ0v) is 14.6. The minimum absolute atomic E-state index is 0.131. The van der Waals surface area contributed by atoms with Crippen molar-refractivity contribution in [1.29, 1.82) is 0 Å². The molecule has 0 atom stereocenters. The fourth-order valence-electron chi connectivity index (χ4n) is 2.91. The largest absolute Gasteiger partial charge is 0.503 e. The highest BCUT2D eigenvalue weighted by Gasteiger charge is 2.18. The van der Waals surface area contributed by atoms with E-state index in [1.807, 2.05) is 0 Å². The summed E-state index contributed by atoms with van der Waals surface area (Å²) in [6, 6.07) is 11.3. The van der Waals surface area contributed by atoms with Gasteiger partial charge in [-0.25, -0.2) is 0 Å². The number of H-pyrrole nitrogens is 1. The monoisotopic (exact) mass is 368 g/mol. The predicted octanol–water partition coefficient (Wildman–Crippen LogP) is 2.96. The Morgan fingerprint density at radius 1 is 1.19 bits per heavy atom. The van der Waals surface area contributed by atoms with Crippen LogP contribution in [0.4, 0.5) is 11.4 Å². The summed E-state index contributed by atoms with van der Waals surface area (Å²) in [4.78, 5) is 26.3. The van der Waals surface area contributed by atoms with Crippen molar-refractivity contribution in [1.82, 2.24) is 4.98 Å². The highest BCUT2D eigenvalue weighted by Crippen LogP contribution is 2.33. The molecule has 3 aromatic rings. The minimum atomic E-state index is -0.522. The van der Waals surface area contributed by atoms with E-state index in [9.17, 15) is 20.0 Å². The van der Waals surface area contributed by atoms with Gasteiger partial charge in [-0.2, -0.15) is 0 Å². The molecule has 1 aromatic heterocycles. The maximum absolute atomic E-state index is 12.4. The van der Waals surface area contributed by atoms with Crippen LogP contribution < -0.4 is 16.5 Å². The SMILES string of the molecule is NCCCCNc1ccc(-c2[nH]c3ccccc3c(=O)c2O)cc1[N+](=O)[O-]. The van der Waals surface area contributed by atoms with Crippen LogP contribution in [-0.2, 0) is 0 Å². The smallest absolute Gasteiger partial charge is 0.292 e. The van der Waals surface area contributed by atoms with Crippen molar-refractivity contribution in [3.63, 3.8) is 0 Å². The van der Waals surface area contributed by atoms with Gasteiger partial charge in [0.1, 0.15) is 5.69 Å². The lowest BCUT2D eigenvalue weighted by atomic mass is 10.1. The van der Waals surface area contributed by atoms with Gasteiger partial charge in [-0.05, 0) is 37.6 Å². The second-order valence-corrected chi connectivity index (χ2v) is 6.13. The van der Waals surface area contributed by atoms with E-state index in [-0.39, 0.29) is 11.4 Å². The van der Waals surface area contributed by atoms with E-state index in [0.29, 0.717) is 35.2 Å². The molecule has 8 nitrogen and oxygen atoms in total. The number of nitrogens with zero attached hydrogens (tertiary/aromatic N) is 1. The number of para-hydroxylation sites is 1. The van der Waals surface area contributed by atoms with Crippen LogP contribution in [0.15, 0.2) is 47.3 Å². The van der Waals surface area contributed by atoms with Gasteiger partial charge in [0.25, 0.3) is 5.69 Å². The second kappa shape index (κ2) is 7.88. The fraction of sp³-hybridized carbons (Fsp3) is 0.211. The third-order valence-electron chi connectivity index (χ3n) is 4.31. The molecule has 0 radical (unpaired) electrons. The molecule has 8 heteroatoms. The molecule has 1 heterocycles. The number of fused-ring (bicyclic) bond motifs is 1. The van der Waals surface area contributed by atoms with E-state index in [1.165, 1.54) is 6.07 Å². The number of nitrogens with two attached hydrogens (primary N) is 1. The van der Waals surface area contributed by atoms with Gasteiger partial charge < -0.3 is 21.1 Å². The summed E-state index contributed by atoms with van der Waals surface area (Å²) in [6.07, 6.45) is 1.62. The van der Waals surface area contributed by atoms with Crippen molar-refractivity contribution in [2.45, 2.75) is 12.8 Å². The molecule has 2 aromatic carbocycles. The summed E-state index contributed by atoms with van der Waals surface area (Å²) >= 11 is 0. The summed E-state index contributed by atoms with van der Waals surface area (Å²) in [6.45, 7) is 1.13. The molecule has 0 aliphatic heterocycles. The third-order valence-corrected chi connectivity index (χ3v) is 4.31. The number of hydrogen-bond acceptors (Lipinski definition) is 6. The summed E-state index contributed by atoms with van der Waals surface area (Å²) in [5.41, 5.74) is 6.22. The zero-order valence-electron chi connectivity index (χ0n) is 14.6. The van der Waals surface area contributed by atoms with Crippen LogP contribution in [0.1, 0.15) is 12.8 Å². The Morgan fingerprint density at radius 2 is 1.96 bits per heavy atom. The number of unbranched alkanes of at least 4 members (excludes halogenated alkanes) is 1. The van der Waals surface area contributed by atoms with E-state index < -0.39 is 16.1 Å². The lowest BCUT2D eigenvalue weighted by Crippen LogP contribution is -2.08. The average molecular weight is 368 g/mol. The molecule has 0 fully saturated rings. The van der Waals surface area contributed by atoms with Crippen molar-refractivity contribution < 1.29 is 10.0 Å². The van der Waals surface area contributed by atoms with Crippen LogP contribution in [0.2, 0.25) is 0 Å². The molecule has 0 bridgehead atoms. The summed E-state index contributed by atoms with van der Waals surface area (Å²) in [5.74, 6) is -0.466. The number of aromatic amines is 1. The predicted molar refractivity (Wildman–Crippen MR) is 105 cm³/mol. The number of nitro groups is 1. The Balaban J connectivity index is 2.04. The van der Waals surface area contributed by atoms with E-state index >= 15 is 0 Å². The zero-order chi connectivity index (χ0) is 19.4. The third kappa shape index (κ3) is 3.75. The Morgan fingerprint density at radius 3 is 2.70 bits per heavy atom. The van der Waals surface area contributed by atoms with Crippen molar-refractivity contribution in [2.75, 3.05) is 18.4 Å². The molecule has 0 aliphatic rings. The lowest BCUT2D eigenvalue weighted by Gasteiger charge is -2.10. The highest BCUT2D eigenvalue weighted by atomic mass is 16.6. The molecule has 0 saturated carbocycles. The van der Waals surface area contributed by atoms with Crippen molar-refractivity contribution in [3.8, 4) is 17.0 Å². The van der Waals surface area contributed by atoms with Gasteiger partial charge in [-0.3, -0.25) is 14.9 Å². The maximum atomic E-state index is 12.4. The van der Waals surface area contributed by atoms with Crippen LogP contribution in [0.25, 0.3) is 22.2 Å². The number of rotatable bonds is 7. The first kappa shape index (κ1) is 18.4. The number of aromatic hydroxyl groups is 1. The van der Waals surface area contributed by atoms with E-state index in [1.54, 1.807) is 36.4 Å². The molecule has 140 valence electrons. The second-order valence-electron chi connectivity index (χ2n) is 6.13. The number of benzene rings is 2. The highest BCUT2D eigenvalue weighted by molar-refractivity contribution is 5.85. The van der Waals surface area contributed by atoms with Gasteiger partial charge in [0.2, 0.25) is 5.43 Å². The van der Waals surface area contributed by atoms with E-state index in [0.717, 1.165) is 12.8 Å². The first-order valence-electron chi connectivity index (χ1n) is 8.59. The summed E-state index contributed by atoms with van der Waals surface area (Å²) in [7, 11) is 0. The number of aromatic nitrogens is 1. The average Bonchev–Trinajstić information content (AvgIpc) is 2.68. The van der Waals surface area contributed by atoms with Gasteiger partial charge >= 0.3 is 0 Å². The molecule has 5 N–H and O–H groups in total. The first-order valence-corrected chi connectivity index (χ1v) is 8.59. The normalized spacial score (nSPS) is 10.9. The van der Waals surface area contributed by atoms with Crippen molar-refractivity contribution >= 4 is 22.3 Å². The Kier molecular flexibility index (Phi) is 5.37.